The molecule has 0 bridgehead atoms. The van der Waals surface area contributed by atoms with Gasteiger partial charge in [-0.3, -0.25) is 10.3 Å². The summed E-state index contributed by atoms with van der Waals surface area (Å²) in [5.74, 6) is 0. The van der Waals surface area contributed by atoms with Crippen LogP contribution in [0.15, 0.2) is 66.9 Å². The Labute approximate surface area is 181 Å². The molecule has 0 amide bonds. The summed E-state index contributed by atoms with van der Waals surface area (Å²) in [6, 6.07) is 21.3. The smallest absolute Gasteiger partial charge is 0.206 e. The van der Waals surface area contributed by atoms with E-state index in [0.29, 0.717) is 6.61 Å². The normalized spacial score (nSPS) is 18.5. The fourth-order valence-corrected chi connectivity index (χ4v) is 4.65. The highest BCUT2D eigenvalue weighted by atomic mass is 16.5. The van der Waals surface area contributed by atoms with Gasteiger partial charge in [-0.1, -0.05) is 48.5 Å². The number of rotatable bonds is 4. The number of aromatic nitrogens is 3. The van der Waals surface area contributed by atoms with E-state index in [4.69, 9.17) is 14.8 Å². The minimum absolute atomic E-state index is 0.223. The predicted octanol–water partition coefficient (Wildman–Crippen LogP) is 4.13. The van der Waals surface area contributed by atoms with E-state index in [1.165, 1.54) is 16.9 Å². The highest BCUT2D eigenvalue weighted by Gasteiger charge is 2.24. The van der Waals surface area contributed by atoms with E-state index in [-0.39, 0.29) is 6.35 Å². The van der Waals surface area contributed by atoms with Crippen molar-refractivity contribution in [3.05, 3.63) is 78.1 Å². The van der Waals surface area contributed by atoms with Crippen LogP contribution < -0.4 is 10.2 Å². The molecular formula is C25H25N5O. The lowest BCUT2D eigenvalue weighted by Crippen LogP contribution is -2.29. The molecule has 1 atom stereocenters. The lowest BCUT2D eigenvalue weighted by Gasteiger charge is -2.31. The minimum Gasteiger partial charge on any atom is -0.366 e. The second-order valence-corrected chi connectivity index (χ2v) is 8.19. The van der Waals surface area contributed by atoms with Crippen LogP contribution in [0.2, 0.25) is 0 Å². The number of pyridine rings is 1. The summed E-state index contributed by atoms with van der Waals surface area (Å²) in [4.78, 5) is 7.31. The quantitative estimate of drug-likeness (QED) is 0.547. The van der Waals surface area contributed by atoms with Crippen LogP contribution >= 0.6 is 0 Å². The van der Waals surface area contributed by atoms with Crippen LogP contribution in [0.1, 0.15) is 24.0 Å². The summed E-state index contributed by atoms with van der Waals surface area (Å²) in [6.45, 7) is 3.47. The zero-order valence-corrected chi connectivity index (χ0v) is 17.4. The maximum absolute atomic E-state index is 5.84. The van der Waals surface area contributed by atoms with Gasteiger partial charge in [0.1, 0.15) is 5.69 Å². The van der Waals surface area contributed by atoms with Crippen molar-refractivity contribution in [2.75, 3.05) is 24.6 Å². The molecule has 31 heavy (non-hydrogen) atoms. The summed E-state index contributed by atoms with van der Waals surface area (Å²) in [5.41, 5.74) is 6.78. The molecule has 4 aromatic rings. The van der Waals surface area contributed by atoms with Gasteiger partial charge >= 0.3 is 0 Å². The van der Waals surface area contributed by atoms with Gasteiger partial charge in [-0.15, -0.1) is 0 Å². The molecule has 2 aromatic heterocycles. The number of nitrogens with zero attached hydrogens (tertiary/aromatic N) is 4. The first kappa shape index (κ1) is 18.5. The van der Waals surface area contributed by atoms with Crippen molar-refractivity contribution in [3.8, 4) is 11.3 Å². The van der Waals surface area contributed by atoms with Crippen molar-refractivity contribution in [3.63, 3.8) is 0 Å². The number of hydrogen-bond acceptors (Lipinski definition) is 5. The first-order chi connectivity index (χ1) is 15.4. The molecule has 6 rings (SSSR count). The molecule has 0 aliphatic carbocycles. The van der Waals surface area contributed by atoms with Crippen molar-refractivity contribution in [1.29, 1.82) is 0 Å². The van der Waals surface area contributed by atoms with Crippen LogP contribution in [0.25, 0.3) is 22.2 Å². The number of hydrogen-bond donors (Lipinski definition) is 1. The summed E-state index contributed by atoms with van der Waals surface area (Å²) >= 11 is 0. The lowest BCUT2D eigenvalue weighted by atomic mass is 10.0. The van der Waals surface area contributed by atoms with Gasteiger partial charge in [0.2, 0.25) is 6.35 Å². The van der Waals surface area contributed by atoms with Gasteiger partial charge in [0, 0.05) is 36.8 Å². The number of fused-ring (bicyclic) bond motifs is 2. The summed E-state index contributed by atoms with van der Waals surface area (Å²) in [6.07, 6.45) is 3.91. The van der Waals surface area contributed by atoms with Crippen LogP contribution in [-0.4, -0.2) is 34.5 Å². The maximum Gasteiger partial charge on any atom is 0.206 e. The Kier molecular flexibility index (Phi) is 4.66. The van der Waals surface area contributed by atoms with Gasteiger partial charge in [0.15, 0.2) is 0 Å². The van der Waals surface area contributed by atoms with Gasteiger partial charge in [-0.05, 0) is 30.5 Å². The van der Waals surface area contributed by atoms with Crippen molar-refractivity contribution in [2.45, 2.75) is 25.7 Å². The molecule has 6 nitrogen and oxygen atoms in total. The molecule has 1 unspecified atom stereocenters. The molecule has 0 saturated carbocycles. The Balaban J connectivity index is 1.42. The zero-order chi connectivity index (χ0) is 20.6. The topological polar surface area (TPSA) is 55.2 Å². The highest BCUT2D eigenvalue weighted by Crippen LogP contribution is 2.35. The van der Waals surface area contributed by atoms with Crippen LogP contribution in [0.5, 0.6) is 0 Å². The van der Waals surface area contributed by atoms with Crippen LogP contribution in [0, 0.1) is 0 Å². The first-order valence-electron chi connectivity index (χ1n) is 11.0. The van der Waals surface area contributed by atoms with Gasteiger partial charge in [-0.2, -0.15) is 5.10 Å². The van der Waals surface area contributed by atoms with E-state index < -0.39 is 0 Å². The molecule has 2 aliphatic heterocycles. The lowest BCUT2D eigenvalue weighted by molar-refractivity contribution is 0.0382. The molecule has 1 saturated heterocycles. The molecule has 0 radical (unpaired) electrons. The van der Waals surface area contributed by atoms with E-state index in [9.17, 15) is 0 Å². The summed E-state index contributed by atoms with van der Waals surface area (Å²) < 4.78 is 7.79. The average Bonchev–Trinajstić information content (AvgIpc) is 3.48. The number of ether oxygens (including phenoxy) is 1. The zero-order valence-electron chi connectivity index (χ0n) is 17.4. The Morgan fingerprint density at radius 3 is 2.81 bits per heavy atom. The molecule has 2 aliphatic rings. The van der Waals surface area contributed by atoms with E-state index >= 15 is 0 Å². The van der Waals surface area contributed by atoms with Crippen molar-refractivity contribution >= 4 is 16.6 Å². The van der Waals surface area contributed by atoms with E-state index in [1.807, 2.05) is 16.9 Å². The molecule has 2 aromatic carbocycles. The van der Waals surface area contributed by atoms with Crippen LogP contribution in [0.3, 0.4) is 0 Å². The van der Waals surface area contributed by atoms with Crippen LogP contribution in [0.4, 0.5) is 5.69 Å². The molecule has 0 spiro atoms. The number of para-hydroxylation sites is 1. The monoisotopic (exact) mass is 411 g/mol. The Morgan fingerprint density at radius 2 is 1.94 bits per heavy atom. The third-order valence-corrected chi connectivity index (χ3v) is 6.15. The summed E-state index contributed by atoms with van der Waals surface area (Å²) in [5, 5.41) is 9.46. The fraction of sp³-hybridized carbons (Fsp3) is 0.280. The third-order valence-electron chi connectivity index (χ3n) is 6.15. The third kappa shape index (κ3) is 3.38. The Hall–Kier alpha value is -3.22. The van der Waals surface area contributed by atoms with Crippen LogP contribution in [-0.2, 0) is 17.7 Å². The standard InChI is InChI=1S/C25H25N5O/c1-2-7-18(8-3-1)17-29-13-6-10-21-23(29)15-19(16-27-21)24-20-9-4-5-11-22(20)30(28-24)25-26-12-14-31-25/h1-5,7-9,11,15-16,25-26H,6,10,12-14,17H2. The van der Waals surface area contributed by atoms with E-state index in [2.05, 4.69) is 64.8 Å². The van der Waals surface area contributed by atoms with Gasteiger partial charge in [0.05, 0.1) is 23.5 Å². The molecule has 156 valence electrons. The SMILES string of the molecule is c1ccc(CN2CCCc3ncc(-c4nn(C5NCCO5)c5ccccc45)cc32)cc1. The number of anilines is 1. The first-order valence-corrected chi connectivity index (χ1v) is 11.0. The predicted molar refractivity (Wildman–Crippen MR) is 122 cm³/mol. The second kappa shape index (κ2) is 7.80. The fourth-order valence-electron chi connectivity index (χ4n) is 4.65. The van der Waals surface area contributed by atoms with Gasteiger partial charge in [-0.25, -0.2) is 4.68 Å². The average molecular weight is 412 g/mol. The molecule has 4 heterocycles. The van der Waals surface area contributed by atoms with E-state index in [1.54, 1.807) is 0 Å². The largest absolute Gasteiger partial charge is 0.366 e. The summed E-state index contributed by atoms with van der Waals surface area (Å²) in [7, 11) is 0. The number of benzene rings is 2. The number of nitrogens with one attached hydrogen (secondary N) is 1. The Morgan fingerprint density at radius 1 is 1.06 bits per heavy atom. The highest BCUT2D eigenvalue weighted by molar-refractivity contribution is 5.93. The number of aryl methyl sites for hydroxylation is 1. The second-order valence-electron chi connectivity index (χ2n) is 8.19. The maximum atomic E-state index is 5.84. The van der Waals surface area contributed by atoms with Crippen molar-refractivity contribution < 1.29 is 4.74 Å². The molecular weight excluding hydrogens is 386 g/mol. The van der Waals surface area contributed by atoms with Gasteiger partial charge in [0.25, 0.3) is 0 Å². The molecule has 1 N–H and O–H groups in total. The molecule has 6 heteroatoms. The Bertz CT molecular complexity index is 1210. The minimum atomic E-state index is -0.223. The molecule has 1 fully saturated rings. The van der Waals surface area contributed by atoms with E-state index in [0.717, 1.165) is 54.6 Å². The van der Waals surface area contributed by atoms with Crippen molar-refractivity contribution in [1.82, 2.24) is 20.1 Å². The van der Waals surface area contributed by atoms with Crippen molar-refractivity contribution in [2.24, 2.45) is 0 Å². The van der Waals surface area contributed by atoms with Gasteiger partial charge < -0.3 is 9.64 Å².